The number of nitrogens with one attached hydrogen (secondary N) is 2. The fourth-order valence-corrected chi connectivity index (χ4v) is 1.25. The molecule has 2 N–H and O–H groups in total. The van der Waals surface area contributed by atoms with Crippen LogP contribution in [0, 0.1) is 0 Å². The van der Waals surface area contributed by atoms with E-state index < -0.39 is 0 Å². The molecular formula is C12H18N4O. The SMILES string of the molecule is C=CCNC(=NC)NCc1ccnc(OC)c1. The molecule has 0 amide bonds. The molecule has 0 aliphatic heterocycles. The molecule has 0 aromatic carbocycles. The van der Waals surface area contributed by atoms with Gasteiger partial charge in [0, 0.05) is 32.4 Å². The highest BCUT2D eigenvalue weighted by atomic mass is 16.5. The molecule has 0 saturated carbocycles. The first-order chi connectivity index (χ1) is 8.30. The normalized spacial score (nSPS) is 10.8. The summed E-state index contributed by atoms with van der Waals surface area (Å²) < 4.78 is 5.05. The van der Waals surface area contributed by atoms with Crippen LogP contribution in [0.3, 0.4) is 0 Å². The third-order valence-corrected chi connectivity index (χ3v) is 2.11. The van der Waals surface area contributed by atoms with Gasteiger partial charge in [-0.05, 0) is 11.6 Å². The third-order valence-electron chi connectivity index (χ3n) is 2.11. The number of hydrogen-bond donors (Lipinski definition) is 2. The average molecular weight is 234 g/mol. The molecule has 1 heterocycles. The number of aliphatic imine (C=N–C) groups is 1. The smallest absolute Gasteiger partial charge is 0.213 e. The molecule has 0 saturated heterocycles. The van der Waals surface area contributed by atoms with Crippen LogP contribution < -0.4 is 15.4 Å². The first-order valence-corrected chi connectivity index (χ1v) is 5.34. The Kier molecular flexibility index (Phi) is 5.57. The highest BCUT2D eigenvalue weighted by Crippen LogP contribution is 2.07. The molecule has 0 aliphatic carbocycles. The van der Waals surface area contributed by atoms with E-state index in [1.54, 1.807) is 26.4 Å². The van der Waals surface area contributed by atoms with E-state index in [4.69, 9.17) is 4.74 Å². The van der Waals surface area contributed by atoms with Crippen molar-refractivity contribution < 1.29 is 4.74 Å². The van der Waals surface area contributed by atoms with Crippen LogP contribution in [0.4, 0.5) is 0 Å². The summed E-state index contributed by atoms with van der Waals surface area (Å²) in [5.41, 5.74) is 1.08. The number of pyridine rings is 1. The highest BCUT2D eigenvalue weighted by molar-refractivity contribution is 5.79. The number of nitrogens with zero attached hydrogens (tertiary/aromatic N) is 2. The maximum absolute atomic E-state index is 5.05. The van der Waals surface area contributed by atoms with Crippen molar-refractivity contribution >= 4 is 5.96 Å². The minimum absolute atomic E-state index is 0.610. The Hall–Kier alpha value is -2.04. The molecule has 0 atom stereocenters. The van der Waals surface area contributed by atoms with Gasteiger partial charge in [0.15, 0.2) is 5.96 Å². The van der Waals surface area contributed by atoms with Crippen molar-refractivity contribution in [2.75, 3.05) is 20.7 Å². The molecule has 0 unspecified atom stereocenters. The molecule has 1 aromatic rings. The van der Waals surface area contributed by atoms with Crippen LogP contribution in [0.5, 0.6) is 5.88 Å². The predicted octanol–water partition coefficient (Wildman–Crippen LogP) is 0.941. The van der Waals surface area contributed by atoms with Gasteiger partial charge in [-0.25, -0.2) is 4.98 Å². The fraction of sp³-hybridized carbons (Fsp3) is 0.333. The van der Waals surface area contributed by atoms with Crippen molar-refractivity contribution in [1.29, 1.82) is 0 Å². The molecule has 0 spiro atoms. The summed E-state index contributed by atoms with van der Waals surface area (Å²) >= 11 is 0. The molecule has 1 rings (SSSR count). The van der Waals surface area contributed by atoms with E-state index in [0.29, 0.717) is 19.0 Å². The monoisotopic (exact) mass is 234 g/mol. The molecule has 5 heteroatoms. The van der Waals surface area contributed by atoms with E-state index in [9.17, 15) is 0 Å². The van der Waals surface area contributed by atoms with E-state index in [0.717, 1.165) is 11.5 Å². The van der Waals surface area contributed by atoms with Crippen LogP contribution in [-0.4, -0.2) is 31.6 Å². The Morgan fingerprint density at radius 2 is 2.41 bits per heavy atom. The number of guanidine groups is 1. The summed E-state index contributed by atoms with van der Waals surface area (Å²) in [6, 6.07) is 3.81. The van der Waals surface area contributed by atoms with Crippen molar-refractivity contribution in [3.05, 3.63) is 36.5 Å². The fourth-order valence-electron chi connectivity index (χ4n) is 1.25. The van der Waals surface area contributed by atoms with E-state index in [1.807, 2.05) is 12.1 Å². The first kappa shape index (κ1) is 13.0. The third kappa shape index (κ3) is 4.55. The van der Waals surface area contributed by atoms with Crippen LogP contribution in [0.2, 0.25) is 0 Å². The Morgan fingerprint density at radius 1 is 1.59 bits per heavy atom. The lowest BCUT2D eigenvalue weighted by atomic mass is 10.2. The zero-order valence-electron chi connectivity index (χ0n) is 10.2. The van der Waals surface area contributed by atoms with Gasteiger partial charge in [-0.15, -0.1) is 6.58 Å². The lowest BCUT2D eigenvalue weighted by Crippen LogP contribution is -2.36. The molecule has 5 nitrogen and oxygen atoms in total. The van der Waals surface area contributed by atoms with Crippen molar-refractivity contribution in [2.24, 2.45) is 4.99 Å². The van der Waals surface area contributed by atoms with E-state index >= 15 is 0 Å². The Bertz CT molecular complexity index is 390. The lowest BCUT2D eigenvalue weighted by molar-refractivity contribution is 0.397. The van der Waals surface area contributed by atoms with Crippen molar-refractivity contribution in [3.8, 4) is 5.88 Å². The van der Waals surface area contributed by atoms with Crippen molar-refractivity contribution in [1.82, 2.24) is 15.6 Å². The van der Waals surface area contributed by atoms with Crippen LogP contribution in [0.25, 0.3) is 0 Å². The second kappa shape index (κ2) is 7.27. The van der Waals surface area contributed by atoms with Gasteiger partial charge < -0.3 is 15.4 Å². The topological polar surface area (TPSA) is 58.5 Å². The van der Waals surface area contributed by atoms with Crippen LogP contribution in [0.1, 0.15) is 5.56 Å². The molecule has 1 aromatic heterocycles. The average Bonchev–Trinajstić information content (AvgIpc) is 2.39. The Labute approximate surface area is 102 Å². The van der Waals surface area contributed by atoms with E-state index in [2.05, 4.69) is 27.2 Å². The van der Waals surface area contributed by atoms with Gasteiger partial charge in [0.2, 0.25) is 5.88 Å². The van der Waals surface area contributed by atoms with Gasteiger partial charge in [-0.1, -0.05) is 6.08 Å². The second-order valence-corrected chi connectivity index (χ2v) is 3.30. The van der Waals surface area contributed by atoms with Crippen molar-refractivity contribution in [3.63, 3.8) is 0 Å². The van der Waals surface area contributed by atoms with E-state index in [-0.39, 0.29) is 0 Å². The quantitative estimate of drug-likeness (QED) is 0.452. The number of rotatable bonds is 5. The maximum atomic E-state index is 5.05. The van der Waals surface area contributed by atoms with Gasteiger partial charge >= 0.3 is 0 Å². The second-order valence-electron chi connectivity index (χ2n) is 3.30. The summed E-state index contributed by atoms with van der Waals surface area (Å²) in [5.74, 6) is 1.35. The summed E-state index contributed by atoms with van der Waals surface area (Å²) in [6.45, 7) is 4.98. The van der Waals surface area contributed by atoms with Crippen LogP contribution in [0.15, 0.2) is 36.0 Å². The number of methoxy groups -OCH3 is 1. The highest BCUT2D eigenvalue weighted by Gasteiger charge is 1.99. The summed E-state index contributed by atoms with van der Waals surface area (Å²) in [6.07, 6.45) is 3.50. The lowest BCUT2D eigenvalue weighted by Gasteiger charge is -2.10. The van der Waals surface area contributed by atoms with E-state index in [1.165, 1.54) is 0 Å². The number of hydrogen-bond acceptors (Lipinski definition) is 3. The maximum Gasteiger partial charge on any atom is 0.213 e. The summed E-state index contributed by atoms with van der Waals surface area (Å²) in [4.78, 5) is 8.13. The minimum Gasteiger partial charge on any atom is -0.481 e. The van der Waals surface area contributed by atoms with Gasteiger partial charge in [0.1, 0.15) is 0 Å². The molecule has 0 fully saturated rings. The zero-order valence-corrected chi connectivity index (χ0v) is 10.2. The Balaban J connectivity index is 2.50. The molecule has 0 bridgehead atoms. The van der Waals surface area contributed by atoms with Crippen molar-refractivity contribution in [2.45, 2.75) is 6.54 Å². The van der Waals surface area contributed by atoms with Crippen LogP contribution >= 0.6 is 0 Å². The van der Waals surface area contributed by atoms with Gasteiger partial charge in [0.25, 0.3) is 0 Å². The summed E-state index contributed by atoms with van der Waals surface area (Å²) in [5, 5.41) is 6.27. The zero-order chi connectivity index (χ0) is 12.5. The predicted molar refractivity (Wildman–Crippen MR) is 69.2 cm³/mol. The Morgan fingerprint density at radius 3 is 3.06 bits per heavy atom. The summed E-state index contributed by atoms with van der Waals surface area (Å²) in [7, 11) is 3.33. The largest absolute Gasteiger partial charge is 0.481 e. The van der Waals surface area contributed by atoms with Crippen LogP contribution in [-0.2, 0) is 6.54 Å². The molecule has 0 aliphatic rings. The molecule has 92 valence electrons. The molecular weight excluding hydrogens is 216 g/mol. The van der Waals surface area contributed by atoms with Gasteiger partial charge in [-0.3, -0.25) is 4.99 Å². The minimum atomic E-state index is 0.610. The molecule has 17 heavy (non-hydrogen) atoms. The number of aromatic nitrogens is 1. The standard InChI is InChI=1S/C12H18N4O/c1-4-6-15-12(13-2)16-9-10-5-7-14-11(8-10)17-3/h4-5,7-8H,1,6,9H2,2-3H3,(H2,13,15,16). The van der Waals surface area contributed by atoms with Gasteiger partial charge in [0.05, 0.1) is 7.11 Å². The van der Waals surface area contributed by atoms with Gasteiger partial charge in [-0.2, -0.15) is 0 Å². The first-order valence-electron chi connectivity index (χ1n) is 5.34. The molecule has 0 radical (unpaired) electrons. The number of ether oxygens (including phenoxy) is 1.